The Labute approximate surface area is 172 Å². The molecule has 3 rings (SSSR count). The van der Waals surface area contributed by atoms with E-state index in [0.717, 1.165) is 19.1 Å². The number of hydrogen-bond acceptors (Lipinski definition) is 4. The molecule has 1 N–H and O–H groups in total. The highest BCUT2D eigenvalue weighted by Gasteiger charge is 2.36. The van der Waals surface area contributed by atoms with Crippen molar-refractivity contribution in [2.45, 2.75) is 31.2 Å². The summed E-state index contributed by atoms with van der Waals surface area (Å²) in [5.74, 6) is -0.318. The Kier molecular flexibility index (Phi) is 6.59. The third kappa shape index (κ3) is 4.97. The van der Waals surface area contributed by atoms with Gasteiger partial charge >= 0.3 is 0 Å². The van der Waals surface area contributed by atoms with Gasteiger partial charge < -0.3 is 10.1 Å². The summed E-state index contributed by atoms with van der Waals surface area (Å²) in [5.41, 5.74) is 1.43. The Morgan fingerprint density at radius 2 is 1.62 bits per heavy atom. The highest BCUT2D eigenvalue weighted by Crippen LogP contribution is 2.34. The summed E-state index contributed by atoms with van der Waals surface area (Å²) in [5, 5.41) is 3.01. The van der Waals surface area contributed by atoms with Crippen LogP contribution in [0.25, 0.3) is 0 Å². The second-order valence-corrected chi connectivity index (χ2v) is 9.41. The molecule has 156 valence electrons. The highest BCUT2D eigenvalue weighted by molar-refractivity contribution is 7.92. The van der Waals surface area contributed by atoms with Gasteiger partial charge in [-0.25, -0.2) is 8.42 Å². The molecule has 2 aromatic rings. The van der Waals surface area contributed by atoms with E-state index in [-0.39, 0.29) is 11.3 Å². The van der Waals surface area contributed by atoms with Crippen LogP contribution in [-0.2, 0) is 25.0 Å². The van der Waals surface area contributed by atoms with Gasteiger partial charge in [-0.15, -0.1) is 0 Å². The molecule has 0 radical (unpaired) electrons. The number of anilines is 1. The van der Waals surface area contributed by atoms with E-state index in [1.54, 1.807) is 31.2 Å². The number of sulfonamides is 1. The van der Waals surface area contributed by atoms with Crippen molar-refractivity contribution < 1.29 is 17.9 Å². The lowest BCUT2D eigenvalue weighted by Gasteiger charge is -2.38. The molecule has 1 aliphatic rings. The van der Waals surface area contributed by atoms with Crippen LogP contribution in [0.1, 0.15) is 25.3 Å². The van der Waals surface area contributed by atoms with E-state index in [1.807, 2.05) is 24.3 Å². The fraction of sp³-hybridized carbons (Fsp3) is 0.409. The van der Waals surface area contributed by atoms with E-state index in [0.29, 0.717) is 25.4 Å². The molecule has 1 fully saturated rings. The van der Waals surface area contributed by atoms with Crippen LogP contribution in [0, 0.1) is 0 Å². The van der Waals surface area contributed by atoms with Crippen LogP contribution in [0.4, 0.5) is 5.69 Å². The van der Waals surface area contributed by atoms with Gasteiger partial charge in [0.05, 0.1) is 11.9 Å². The van der Waals surface area contributed by atoms with E-state index >= 15 is 0 Å². The minimum Gasteiger partial charge on any atom is -0.381 e. The molecule has 7 heteroatoms. The van der Waals surface area contributed by atoms with E-state index < -0.39 is 16.1 Å². The number of benzene rings is 2. The molecular formula is C22H28N2O4S. The molecule has 1 unspecified atom stereocenters. The van der Waals surface area contributed by atoms with Gasteiger partial charge in [0, 0.05) is 25.2 Å². The number of amides is 1. The molecule has 0 spiro atoms. The predicted octanol–water partition coefficient (Wildman–Crippen LogP) is 2.71. The van der Waals surface area contributed by atoms with Gasteiger partial charge in [0.15, 0.2) is 0 Å². The number of nitrogens with one attached hydrogen (secondary N) is 1. The van der Waals surface area contributed by atoms with Crippen molar-refractivity contribution in [1.82, 2.24) is 5.32 Å². The first kappa shape index (κ1) is 21.3. The Morgan fingerprint density at radius 1 is 1.07 bits per heavy atom. The zero-order chi connectivity index (χ0) is 20.9. The van der Waals surface area contributed by atoms with Crippen LogP contribution in [0.15, 0.2) is 60.7 Å². The molecule has 29 heavy (non-hydrogen) atoms. The molecule has 1 heterocycles. The number of carbonyl (C=O) groups excluding carboxylic acids is 1. The van der Waals surface area contributed by atoms with Crippen molar-refractivity contribution in [1.29, 1.82) is 0 Å². The third-order valence-corrected chi connectivity index (χ3v) is 6.78. The Morgan fingerprint density at radius 3 is 2.17 bits per heavy atom. The van der Waals surface area contributed by atoms with Crippen molar-refractivity contribution in [3.8, 4) is 0 Å². The molecule has 1 atom stereocenters. The van der Waals surface area contributed by atoms with Crippen LogP contribution in [0.5, 0.6) is 0 Å². The fourth-order valence-corrected chi connectivity index (χ4v) is 5.08. The molecule has 0 bridgehead atoms. The zero-order valence-electron chi connectivity index (χ0n) is 16.9. The van der Waals surface area contributed by atoms with E-state index in [4.69, 9.17) is 4.74 Å². The normalized spacial score (nSPS) is 17.3. The molecule has 2 aromatic carbocycles. The van der Waals surface area contributed by atoms with Crippen molar-refractivity contribution in [2.24, 2.45) is 0 Å². The van der Waals surface area contributed by atoms with Crippen LogP contribution < -0.4 is 9.62 Å². The van der Waals surface area contributed by atoms with Gasteiger partial charge in [-0.05, 0) is 37.5 Å². The SMILES string of the molecule is CC(C(=O)NCC1(c2ccccc2)CCOCC1)N(c1ccccc1)S(C)(=O)=O. The van der Waals surface area contributed by atoms with E-state index in [2.05, 4.69) is 17.4 Å². The van der Waals surface area contributed by atoms with Gasteiger partial charge in [0.25, 0.3) is 0 Å². The van der Waals surface area contributed by atoms with E-state index in [1.165, 1.54) is 9.87 Å². The van der Waals surface area contributed by atoms with Gasteiger partial charge in [-0.1, -0.05) is 48.5 Å². The number of nitrogens with zero attached hydrogens (tertiary/aromatic N) is 1. The largest absolute Gasteiger partial charge is 0.381 e. The van der Waals surface area contributed by atoms with Gasteiger partial charge in [-0.2, -0.15) is 0 Å². The maximum Gasteiger partial charge on any atom is 0.243 e. The number of ether oxygens (including phenoxy) is 1. The standard InChI is InChI=1S/C22H28N2O4S/c1-18(24(29(2,26)27)20-11-7-4-8-12-20)21(25)23-17-22(13-15-28-16-14-22)19-9-5-3-6-10-19/h3-12,18H,13-17H2,1-2H3,(H,23,25). The van der Waals surface area contributed by atoms with Crippen molar-refractivity contribution >= 4 is 21.6 Å². The smallest absolute Gasteiger partial charge is 0.243 e. The molecule has 0 aromatic heterocycles. The van der Waals surface area contributed by atoms with Gasteiger partial charge in [0.2, 0.25) is 15.9 Å². The lowest BCUT2D eigenvalue weighted by molar-refractivity contribution is -0.122. The second-order valence-electron chi connectivity index (χ2n) is 7.55. The van der Waals surface area contributed by atoms with Crippen molar-refractivity contribution in [3.05, 3.63) is 66.2 Å². The predicted molar refractivity (Wildman–Crippen MR) is 114 cm³/mol. The zero-order valence-corrected chi connectivity index (χ0v) is 17.7. The third-order valence-electron chi connectivity index (χ3n) is 5.54. The molecule has 1 aliphatic heterocycles. The van der Waals surface area contributed by atoms with E-state index in [9.17, 15) is 13.2 Å². The quantitative estimate of drug-likeness (QED) is 0.753. The first-order valence-electron chi connectivity index (χ1n) is 9.79. The first-order chi connectivity index (χ1) is 13.8. The lowest BCUT2D eigenvalue weighted by atomic mass is 9.74. The summed E-state index contributed by atoms with van der Waals surface area (Å²) in [7, 11) is -3.62. The summed E-state index contributed by atoms with van der Waals surface area (Å²) >= 11 is 0. The molecule has 1 saturated heterocycles. The molecule has 6 nitrogen and oxygen atoms in total. The summed E-state index contributed by atoms with van der Waals surface area (Å²) < 4.78 is 31.5. The number of para-hydroxylation sites is 1. The van der Waals surface area contributed by atoms with Gasteiger partial charge in [-0.3, -0.25) is 9.10 Å². The second kappa shape index (κ2) is 8.97. The van der Waals surface area contributed by atoms with Crippen molar-refractivity contribution in [3.63, 3.8) is 0 Å². The first-order valence-corrected chi connectivity index (χ1v) is 11.6. The van der Waals surface area contributed by atoms with Crippen LogP contribution >= 0.6 is 0 Å². The molecule has 1 amide bonds. The van der Waals surface area contributed by atoms with Crippen LogP contribution in [0.2, 0.25) is 0 Å². The maximum atomic E-state index is 13.0. The Balaban J connectivity index is 1.79. The minimum absolute atomic E-state index is 0.211. The van der Waals surface area contributed by atoms with Crippen LogP contribution in [0.3, 0.4) is 0 Å². The molecular weight excluding hydrogens is 388 g/mol. The number of hydrogen-bond donors (Lipinski definition) is 1. The topological polar surface area (TPSA) is 75.7 Å². The molecule has 0 aliphatic carbocycles. The Bertz CT molecular complexity index is 910. The Hall–Kier alpha value is -2.38. The lowest BCUT2D eigenvalue weighted by Crippen LogP contribution is -2.51. The number of carbonyl (C=O) groups is 1. The molecule has 0 saturated carbocycles. The maximum absolute atomic E-state index is 13.0. The van der Waals surface area contributed by atoms with Crippen molar-refractivity contribution in [2.75, 3.05) is 30.3 Å². The number of rotatable bonds is 7. The minimum atomic E-state index is -3.62. The fourth-order valence-electron chi connectivity index (χ4n) is 3.91. The monoisotopic (exact) mass is 416 g/mol. The van der Waals surface area contributed by atoms with Crippen LogP contribution in [-0.4, -0.2) is 46.4 Å². The average Bonchev–Trinajstić information content (AvgIpc) is 2.73. The highest BCUT2D eigenvalue weighted by atomic mass is 32.2. The van der Waals surface area contributed by atoms with Gasteiger partial charge in [0.1, 0.15) is 6.04 Å². The average molecular weight is 417 g/mol. The summed E-state index contributed by atoms with van der Waals surface area (Å²) in [6.45, 7) is 3.33. The summed E-state index contributed by atoms with van der Waals surface area (Å²) in [4.78, 5) is 13.0. The summed E-state index contributed by atoms with van der Waals surface area (Å²) in [6.07, 6.45) is 2.73. The summed E-state index contributed by atoms with van der Waals surface area (Å²) in [6, 6.07) is 18.0.